The number of thiophene rings is 1. The molecular formula is C18H20FNO3S. The molecule has 3 rings (SSSR count). The van der Waals surface area contributed by atoms with Gasteiger partial charge in [-0.3, -0.25) is 9.59 Å². The van der Waals surface area contributed by atoms with Gasteiger partial charge in [-0.25, -0.2) is 4.39 Å². The van der Waals surface area contributed by atoms with Crippen molar-refractivity contribution in [2.45, 2.75) is 27.2 Å². The van der Waals surface area contributed by atoms with E-state index in [1.807, 2.05) is 20.8 Å². The number of benzene rings is 1. The van der Waals surface area contributed by atoms with E-state index in [-0.39, 0.29) is 24.2 Å². The first-order valence-corrected chi connectivity index (χ1v) is 8.79. The Hall–Kier alpha value is -1.95. The Morgan fingerprint density at radius 2 is 2.08 bits per heavy atom. The lowest BCUT2D eigenvalue weighted by Crippen LogP contribution is -2.40. The Kier molecular flexibility index (Phi) is 4.11. The molecule has 1 fully saturated rings. The summed E-state index contributed by atoms with van der Waals surface area (Å²) in [5.41, 5.74) is -0.122. The molecule has 1 aliphatic rings. The number of hydrogen-bond donors (Lipinski definition) is 1. The van der Waals surface area contributed by atoms with Crippen LogP contribution in [0.5, 0.6) is 0 Å². The third-order valence-corrected chi connectivity index (χ3v) is 6.47. The predicted octanol–water partition coefficient (Wildman–Crippen LogP) is 3.92. The van der Waals surface area contributed by atoms with Gasteiger partial charge in [0.15, 0.2) is 0 Å². The number of halogens is 1. The summed E-state index contributed by atoms with van der Waals surface area (Å²) in [6.45, 7) is 6.24. The van der Waals surface area contributed by atoms with Crippen molar-refractivity contribution >= 4 is 33.3 Å². The molecule has 4 nitrogen and oxygen atoms in total. The molecule has 0 saturated carbocycles. The molecule has 1 aromatic heterocycles. The highest BCUT2D eigenvalue weighted by atomic mass is 32.1. The van der Waals surface area contributed by atoms with E-state index in [1.54, 1.807) is 11.0 Å². The minimum atomic E-state index is -0.883. The van der Waals surface area contributed by atoms with Crippen molar-refractivity contribution in [2.24, 2.45) is 11.3 Å². The van der Waals surface area contributed by atoms with Crippen molar-refractivity contribution in [3.63, 3.8) is 0 Å². The summed E-state index contributed by atoms with van der Waals surface area (Å²) in [5.74, 6) is -1.38. The second kappa shape index (κ2) is 5.84. The Morgan fingerprint density at radius 3 is 2.67 bits per heavy atom. The highest BCUT2D eigenvalue weighted by molar-refractivity contribution is 7.21. The number of hydrogen-bond acceptors (Lipinski definition) is 3. The zero-order chi connectivity index (χ0) is 17.6. The van der Waals surface area contributed by atoms with Crippen LogP contribution in [0.4, 0.5) is 4.39 Å². The van der Waals surface area contributed by atoms with E-state index >= 15 is 0 Å². The fraction of sp³-hybridized carbons (Fsp3) is 0.444. The number of fused-ring (bicyclic) bond motifs is 1. The van der Waals surface area contributed by atoms with E-state index in [1.165, 1.54) is 23.5 Å². The van der Waals surface area contributed by atoms with Crippen molar-refractivity contribution in [2.75, 3.05) is 13.1 Å². The minimum Gasteiger partial charge on any atom is -0.481 e. The van der Waals surface area contributed by atoms with Crippen LogP contribution in [0.2, 0.25) is 0 Å². The largest absolute Gasteiger partial charge is 0.481 e. The number of nitrogens with zero attached hydrogens (tertiary/aromatic N) is 1. The molecule has 1 aliphatic heterocycles. The van der Waals surface area contributed by atoms with Gasteiger partial charge in [-0.2, -0.15) is 0 Å². The normalized spacial score (nSPS) is 21.0. The molecule has 1 amide bonds. The van der Waals surface area contributed by atoms with E-state index in [9.17, 15) is 19.1 Å². The number of likely N-dealkylation sites (tertiary alicyclic amines) is 1. The molecule has 0 spiro atoms. The molecule has 1 saturated heterocycles. The van der Waals surface area contributed by atoms with Gasteiger partial charge in [-0.1, -0.05) is 13.8 Å². The lowest BCUT2D eigenvalue weighted by molar-refractivity contribution is -0.150. The maximum Gasteiger partial charge on any atom is 0.311 e. The van der Waals surface area contributed by atoms with Crippen molar-refractivity contribution < 1.29 is 19.1 Å². The van der Waals surface area contributed by atoms with Gasteiger partial charge in [-0.15, -0.1) is 11.3 Å². The minimum absolute atomic E-state index is 0.0506. The molecule has 24 heavy (non-hydrogen) atoms. The van der Waals surface area contributed by atoms with E-state index in [4.69, 9.17) is 0 Å². The lowest BCUT2D eigenvalue weighted by Gasteiger charge is -2.28. The average Bonchev–Trinajstić information content (AvgIpc) is 3.10. The van der Waals surface area contributed by atoms with Crippen LogP contribution in [0.3, 0.4) is 0 Å². The van der Waals surface area contributed by atoms with Gasteiger partial charge in [0.05, 0.1) is 10.3 Å². The summed E-state index contributed by atoms with van der Waals surface area (Å²) in [7, 11) is 0. The second-order valence-corrected chi connectivity index (χ2v) is 7.84. The van der Waals surface area contributed by atoms with E-state index < -0.39 is 11.4 Å². The van der Waals surface area contributed by atoms with Crippen LogP contribution in [-0.4, -0.2) is 35.0 Å². The average molecular weight is 349 g/mol. The standard InChI is InChI=1S/C18H20FNO3S/c1-10(2)18(17(22)23)6-7-20(9-18)16(21)15-11(3)13-8-12(19)4-5-14(13)24-15/h4-5,8,10H,6-7,9H2,1-3H3,(H,22,23). The van der Waals surface area contributed by atoms with Gasteiger partial charge in [-0.05, 0) is 48.4 Å². The van der Waals surface area contributed by atoms with Gasteiger partial charge in [0.1, 0.15) is 5.82 Å². The number of aliphatic carboxylic acids is 1. The smallest absolute Gasteiger partial charge is 0.311 e. The van der Waals surface area contributed by atoms with E-state index in [2.05, 4.69) is 0 Å². The summed E-state index contributed by atoms with van der Waals surface area (Å²) in [6.07, 6.45) is 0.463. The summed E-state index contributed by atoms with van der Waals surface area (Å²) in [6, 6.07) is 4.51. The number of aryl methyl sites for hydroxylation is 1. The lowest BCUT2D eigenvalue weighted by atomic mass is 9.76. The number of amides is 1. The Balaban J connectivity index is 1.93. The molecule has 1 unspecified atom stereocenters. The van der Waals surface area contributed by atoms with Crippen LogP contribution in [0.15, 0.2) is 18.2 Å². The molecule has 6 heteroatoms. The summed E-state index contributed by atoms with van der Waals surface area (Å²) >= 11 is 1.34. The van der Waals surface area contributed by atoms with Crippen LogP contribution < -0.4 is 0 Å². The molecule has 0 aliphatic carbocycles. The highest BCUT2D eigenvalue weighted by Gasteiger charge is 2.48. The van der Waals surface area contributed by atoms with Gasteiger partial charge in [0, 0.05) is 17.8 Å². The summed E-state index contributed by atoms with van der Waals surface area (Å²) in [5, 5.41) is 10.4. The van der Waals surface area contributed by atoms with Crippen molar-refractivity contribution in [3.8, 4) is 0 Å². The molecule has 2 heterocycles. The molecule has 128 valence electrons. The molecule has 1 atom stereocenters. The van der Waals surface area contributed by atoms with Crippen molar-refractivity contribution in [1.29, 1.82) is 0 Å². The van der Waals surface area contributed by atoms with Crippen molar-refractivity contribution in [1.82, 2.24) is 4.90 Å². The van der Waals surface area contributed by atoms with Crippen LogP contribution in [0.25, 0.3) is 10.1 Å². The maximum atomic E-state index is 13.5. The predicted molar refractivity (Wildman–Crippen MR) is 91.9 cm³/mol. The molecule has 0 bridgehead atoms. The van der Waals surface area contributed by atoms with Gasteiger partial charge >= 0.3 is 5.97 Å². The van der Waals surface area contributed by atoms with Crippen LogP contribution >= 0.6 is 11.3 Å². The molecule has 1 aromatic carbocycles. The molecule has 2 aromatic rings. The number of carboxylic acids is 1. The highest BCUT2D eigenvalue weighted by Crippen LogP contribution is 2.40. The monoisotopic (exact) mass is 349 g/mol. The van der Waals surface area contributed by atoms with E-state index in [0.717, 1.165) is 15.6 Å². The number of carbonyl (C=O) groups is 2. The Morgan fingerprint density at radius 1 is 1.38 bits per heavy atom. The topological polar surface area (TPSA) is 57.6 Å². The summed E-state index contributed by atoms with van der Waals surface area (Å²) < 4.78 is 14.3. The first kappa shape index (κ1) is 16.9. The Bertz CT molecular complexity index is 829. The number of rotatable bonds is 3. The maximum absolute atomic E-state index is 13.5. The zero-order valence-corrected chi connectivity index (χ0v) is 14.7. The fourth-order valence-electron chi connectivity index (χ4n) is 3.44. The first-order valence-electron chi connectivity index (χ1n) is 7.97. The Labute approximate surface area is 143 Å². The van der Waals surface area contributed by atoms with E-state index in [0.29, 0.717) is 17.8 Å². The molecule has 0 radical (unpaired) electrons. The third-order valence-electron chi connectivity index (χ3n) is 5.21. The third kappa shape index (κ3) is 2.49. The second-order valence-electron chi connectivity index (χ2n) is 6.79. The zero-order valence-electron chi connectivity index (χ0n) is 13.9. The number of carboxylic acid groups (broad SMARTS) is 1. The van der Waals surface area contributed by atoms with Crippen LogP contribution in [-0.2, 0) is 4.79 Å². The SMILES string of the molecule is Cc1c(C(=O)N2CCC(C(=O)O)(C(C)C)C2)sc2ccc(F)cc12. The van der Waals surface area contributed by atoms with Gasteiger partial charge in [0.25, 0.3) is 5.91 Å². The van der Waals surface area contributed by atoms with Crippen LogP contribution in [0.1, 0.15) is 35.5 Å². The first-order chi connectivity index (χ1) is 11.3. The van der Waals surface area contributed by atoms with Gasteiger partial charge < -0.3 is 10.0 Å². The summed E-state index contributed by atoms with van der Waals surface area (Å²) in [4.78, 5) is 26.8. The molecular weight excluding hydrogens is 329 g/mol. The van der Waals surface area contributed by atoms with Crippen LogP contribution in [0, 0.1) is 24.1 Å². The molecule has 1 N–H and O–H groups in total. The van der Waals surface area contributed by atoms with Gasteiger partial charge in [0.2, 0.25) is 0 Å². The fourth-order valence-corrected chi connectivity index (χ4v) is 4.60. The number of carbonyl (C=O) groups excluding carboxylic acids is 1. The van der Waals surface area contributed by atoms with Crippen molar-refractivity contribution in [3.05, 3.63) is 34.5 Å². The quantitative estimate of drug-likeness (QED) is 0.914.